The molecule has 150 valence electrons. The number of amides is 1. The van der Waals surface area contributed by atoms with E-state index in [1.165, 1.54) is 6.08 Å². The van der Waals surface area contributed by atoms with E-state index in [1.807, 2.05) is 68.4 Å². The fourth-order valence-electron chi connectivity index (χ4n) is 2.87. The Balaban J connectivity index is 1.81. The van der Waals surface area contributed by atoms with Crippen LogP contribution in [-0.2, 0) is 4.79 Å². The van der Waals surface area contributed by atoms with Gasteiger partial charge in [0, 0.05) is 11.6 Å². The van der Waals surface area contributed by atoms with Crippen LogP contribution < -0.4 is 10.1 Å². The SMILES string of the molecule is COc1ccccc1/C=C/C=C(\C#N)C(=O)Nc1cc(C)nn1-c1ccc(C)cc1. The molecule has 0 radical (unpaired) electrons. The lowest BCUT2D eigenvalue weighted by Gasteiger charge is -2.08. The van der Waals surface area contributed by atoms with Crippen LogP contribution in [0.25, 0.3) is 11.8 Å². The Morgan fingerprint density at radius 2 is 1.90 bits per heavy atom. The van der Waals surface area contributed by atoms with E-state index >= 15 is 0 Å². The minimum Gasteiger partial charge on any atom is -0.496 e. The molecule has 6 heteroatoms. The lowest BCUT2D eigenvalue weighted by atomic mass is 10.1. The van der Waals surface area contributed by atoms with Gasteiger partial charge in [-0.3, -0.25) is 4.79 Å². The van der Waals surface area contributed by atoms with E-state index in [0.29, 0.717) is 11.6 Å². The molecule has 0 aliphatic carbocycles. The number of hydrogen-bond acceptors (Lipinski definition) is 4. The highest BCUT2D eigenvalue weighted by Gasteiger charge is 2.14. The van der Waals surface area contributed by atoms with Crippen molar-refractivity contribution in [3.8, 4) is 17.5 Å². The van der Waals surface area contributed by atoms with Gasteiger partial charge in [0.2, 0.25) is 0 Å². The van der Waals surface area contributed by atoms with Gasteiger partial charge in [-0.05, 0) is 38.1 Å². The zero-order valence-electron chi connectivity index (χ0n) is 17.1. The smallest absolute Gasteiger partial charge is 0.267 e. The number of aryl methyl sites for hydroxylation is 2. The number of allylic oxidation sites excluding steroid dienone is 2. The van der Waals surface area contributed by atoms with Crippen LogP contribution >= 0.6 is 0 Å². The largest absolute Gasteiger partial charge is 0.496 e. The average molecular weight is 398 g/mol. The number of carbonyl (C=O) groups excluding carboxylic acids is 1. The van der Waals surface area contributed by atoms with Crippen LogP contribution in [0.3, 0.4) is 0 Å². The van der Waals surface area contributed by atoms with Crippen LogP contribution in [0.5, 0.6) is 5.75 Å². The first kappa shape index (κ1) is 20.6. The summed E-state index contributed by atoms with van der Waals surface area (Å²) in [6.45, 7) is 3.85. The van der Waals surface area contributed by atoms with E-state index in [9.17, 15) is 10.1 Å². The van der Waals surface area contributed by atoms with Crippen LogP contribution in [0.4, 0.5) is 5.82 Å². The van der Waals surface area contributed by atoms with E-state index in [4.69, 9.17) is 4.74 Å². The molecule has 0 atom stereocenters. The van der Waals surface area contributed by atoms with Crippen LogP contribution in [-0.4, -0.2) is 22.8 Å². The summed E-state index contributed by atoms with van der Waals surface area (Å²) in [6, 6.07) is 19.0. The molecule has 0 fully saturated rings. The number of anilines is 1. The molecular formula is C24H22N4O2. The second-order valence-corrected chi connectivity index (χ2v) is 6.67. The minimum atomic E-state index is -0.504. The first-order valence-corrected chi connectivity index (χ1v) is 9.38. The van der Waals surface area contributed by atoms with E-state index in [0.717, 1.165) is 22.5 Å². The second kappa shape index (κ2) is 9.39. The number of nitrogens with zero attached hydrogens (tertiary/aromatic N) is 3. The molecule has 3 rings (SSSR count). The maximum Gasteiger partial charge on any atom is 0.267 e. The fourth-order valence-corrected chi connectivity index (χ4v) is 2.87. The number of para-hydroxylation sites is 1. The molecule has 6 nitrogen and oxygen atoms in total. The highest BCUT2D eigenvalue weighted by atomic mass is 16.5. The molecule has 0 saturated carbocycles. The first-order valence-electron chi connectivity index (χ1n) is 9.38. The molecule has 0 saturated heterocycles. The molecule has 1 N–H and O–H groups in total. The van der Waals surface area contributed by atoms with Crippen molar-refractivity contribution in [2.75, 3.05) is 12.4 Å². The molecule has 1 heterocycles. The molecule has 0 spiro atoms. The Labute approximate surface area is 175 Å². The Morgan fingerprint density at radius 3 is 2.60 bits per heavy atom. The summed E-state index contributed by atoms with van der Waals surface area (Å²) >= 11 is 0. The molecule has 0 bridgehead atoms. The quantitative estimate of drug-likeness (QED) is 0.374. The lowest BCUT2D eigenvalue weighted by Crippen LogP contribution is -2.16. The zero-order chi connectivity index (χ0) is 21.5. The van der Waals surface area contributed by atoms with Gasteiger partial charge in [0.25, 0.3) is 5.91 Å². The Hall–Kier alpha value is -4.11. The van der Waals surface area contributed by atoms with Gasteiger partial charge < -0.3 is 10.1 Å². The Morgan fingerprint density at radius 1 is 1.17 bits per heavy atom. The lowest BCUT2D eigenvalue weighted by molar-refractivity contribution is -0.112. The van der Waals surface area contributed by atoms with Gasteiger partial charge in [0.05, 0.1) is 18.5 Å². The molecule has 30 heavy (non-hydrogen) atoms. The predicted molar refractivity (Wildman–Crippen MR) is 117 cm³/mol. The third kappa shape index (κ3) is 4.83. The normalized spacial score (nSPS) is 11.3. The van der Waals surface area contributed by atoms with Crippen molar-refractivity contribution in [2.45, 2.75) is 13.8 Å². The van der Waals surface area contributed by atoms with Crippen LogP contribution in [0.2, 0.25) is 0 Å². The minimum absolute atomic E-state index is 0.0181. The van der Waals surface area contributed by atoms with Gasteiger partial charge >= 0.3 is 0 Å². The standard InChI is InChI=1S/C24H22N4O2/c1-17-11-13-21(14-12-17)28-23(15-18(2)27-28)26-24(29)20(16-25)9-6-8-19-7-4-5-10-22(19)30-3/h4-15H,1-3H3,(H,26,29)/b8-6+,20-9+. The predicted octanol–water partition coefficient (Wildman–Crippen LogP) is 4.60. The molecule has 3 aromatic rings. The number of aromatic nitrogens is 2. The van der Waals surface area contributed by atoms with Crippen molar-refractivity contribution in [3.63, 3.8) is 0 Å². The summed E-state index contributed by atoms with van der Waals surface area (Å²) in [6.07, 6.45) is 4.91. The Kier molecular flexibility index (Phi) is 6.46. The van der Waals surface area contributed by atoms with Crippen LogP contribution in [0, 0.1) is 25.2 Å². The molecule has 0 unspecified atom stereocenters. The van der Waals surface area contributed by atoms with E-state index < -0.39 is 5.91 Å². The maximum atomic E-state index is 12.7. The topological polar surface area (TPSA) is 79.9 Å². The van der Waals surface area contributed by atoms with Gasteiger partial charge in [-0.25, -0.2) is 4.68 Å². The van der Waals surface area contributed by atoms with Crippen molar-refractivity contribution in [1.29, 1.82) is 5.26 Å². The van der Waals surface area contributed by atoms with Crippen LogP contribution in [0.1, 0.15) is 16.8 Å². The molecule has 0 aliphatic rings. The molecule has 1 amide bonds. The monoisotopic (exact) mass is 398 g/mol. The van der Waals surface area contributed by atoms with Crippen molar-refractivity contribution in [2.24, 2.45) is 0 Å². The highest BCUT2D eigenvalue weighted by molar-refractivity contribution is 6.06. The summed E-state index contributed by atoms with van der Waals surface area (Å²) in [5.74, 6) is 0.703. The second-order valence-electron chi connectivity index (χ2n) is 6.67. The van der Waals surface area contributed by atoms with Crippen LogP contribution in [0.15, 0.2) is 72.3 Å². The number of benzene rings is 2. The number of methoxy groups -OCH3 is 1. The summed E-state index contributed by atoms with van der Waals surface area (Å²) in [5.41, 5.74) is 3.54. The molecule has 0 aliphatic heterocycles. The number of carbonyl (C=O) groups is 1. The summed E-state index contributed by atoms with van der Waals surface area (Å²) in [5, 5.41) is 16.7. The summed E-state index contributed by atoms with van der Waals surface area (Å²) < 4.78 is 6.94. The fraction of sp³-hybridized carbons (Fsp3) is 0.125. The zero-order valence-corrected chi connectivity index (χ0v) is 17.1. The number of hydrogen-bond donors (Lipinski definition) is 1. The van der Waals surface area contributed by atoms with E-state index in [-0.39, 0.29) is 5.57 Å². The average Bonchev–Trinajstić information content (AvgIpc) is 3.11. The Bertz CT molecular complexity index is 1150. The van der Waals surface area contributed by atoms with E-state index in [1.54, 1.807) is 30.0 Å². The van der Waals surface area contributed by atoms with Gasteiger partial charge in [0.15, 0.2) is 0 Å². The van der Waals surface area contributed by atoms with Crippen molar-refractivity contribution in [3.05, 3.63) is 89.1 Å². The third-order valence-electron chi connectivity index (χ3n) is 4.39. The third-order valence-corrected chi connectivity index (χ3v) is 4.39. The summed E-state index contributed by atoms with van der Waals surface area (Å²) in [7, 11) is 1.59. The number of ether oxygens (including phenoxy) is 1. The molecule has 1 aromatic heterocycles. The number of nitriles is 1. The summed E-state index contributed by atoms with van der Waals surface area (Å²) in [4.78, 5) is 12.7. The molecule has 2 aromatic carbocycles. The number of nitrogens with one attached hydrogen (secondary N) is 1. The first-order chi connectivity index (χ1) is 14.5. The van der Waals surface area contributed by atoms with Gasteiger partial charge in [-0.15, -0.1) is 0 Å². The maximum absolute atomic E-state index is 12.7. The van der Waals surface area contributed by atoms with Crippen molar-refractivity contribution >= 4 is 17.8 Å². The highest BCUT2D eigenvalue weighted by Crippen LogP contribution is 2.20. The van der Waals surface area contributed by atoms with Gasteiger partial charge in [0.1, 0.15) is 23.2 Å². The number of rotatable bonds is 6. The van der Waals surface area contributed by atoms with E-state index in [2.05, 4.69) is 10.4 Å². The van der Waals surface area contributed by atoms with Gasteiger partial charge in [-0.2, -0.15) is 10.4 Å². The van der Waals surface area contributed by atoms with Gasteiger partial charge in [-0.1, -0.05) is 48.0 Å². The molecular weight excluding hydrogens is 376 g/mol. The van der Waals surface area contributed by atoms with Crippen molar-refractivity contribution < 1.29 is 9.53 Å². The van der Waals surface area contributed by atoms with Crippen molar-refractivity contribution in [1.82, 2.24) is 9.78 Å².